The summed E-state index contributed by atoms with van der Waals surface area (Å²) in [6.45, 7) is 0.428. The Morgan fingerprint density at radius 2 is 2.31 bits per heavy atom. The zero-order valence-electron chi connectivity index (χ0n) is 8.83. The Kier molecular flexibility index (Phi) is 3.26. The first kappa shape index (κ1) is 11.2. The minimum Gasteiger partial charge on any atom is -0.497 e. The van der Waals surface area contributed by atoms with Gasteiger partial charge in [-0.1, -0.05) is 12.1 Å². The average Bonchev–Trinajstić information content (AvgIpc) is 2.71. The first-order valence-corrected chi connectivity index (χ1v) is 5.62. The van der Waals surface area contributed by atoms with Gasteiger partial charge in [0.2, 0.25) is 0 Å². The fraction of sp³-hybridized carbons (Fsp3) is 0.182. The van der Waals surface area contributed by atoms with Gasteiger partial charge >= 0.3 is 0 Å². The third-order valence-corrected chi connectivity index (χ3v) is 2.93. The largest absolute Gasteiger partial charge is 0.497 e. The van der Waals surface area contributed by atoms with Gasteiger partial charge in [0.25, 0.3) is 0 Å². The van der Waals surface area contributed by atoms with Crippen molar-refractivity contribution in [3.8, 4) is 17.1 Å². The summed E-state index contributed by atoms with van der Waals surface area (Å²) in [6.07, 6.45) is 0. The second kappa shape index (κ2) is 4.67. The maximum absolute atomic E-state index is 5.57. The van der Waals surface area contributed by atoms with Crippen molar-refractivity contribution in [3.05, 3.63) is 34.6 Å². The number of halogens is 1. The predicted molar refractivity (Wildman–Crippen MR) is 66.2 cm³/mol. The van der Waals surface area contributed by atoms with Crippen molar-refractivity contribution in [1.29, 1.82) is 0 Å². The van der Waals surface area contributed by atoms with E-state index in [1.165, 1.54) is 0 Å². The lowest BCUT2D eigenvalue weighted by Gasteiger charge is -2.01. The molecule has 0 fully saturated rings. The van der Waals surface area contributed by atoms with Crippen molar-refractivity contribution in [1.82, 2.24) is 9.97 Å². The number of rotatable bonds is 3. The molecule has 0 amide bonds. The molecule has 0 bridgehead atoms. The standard InChI is InChI=1S/C11H12BrN3O/c1-16-8-4-2-3-7(5-8)11-14-9(6-13)10(12)15-11/h2-5H,6,13H2,1H3,(H,14,15). The first-order valence-electron chi connectivity index (χ1n) is 4.83. The summed E-state index contributed by atoms with van der Waals surface area (Å²) >= 11 is 3.36. The Labute approximate surface area is 102 Å². The number of ether oxygens (including phenoxy) is 1. The number of imidazole rings is 1. The van der Waals surface area contributed by atoms with E-state index >= 15 is 0 Å². The molecule has 1 aromatic carbocycles. The van der Waals surface area contributed by atoms with E-state index in [1.54, 1.807) is 7.11 Å². The van der Waals surface area contributed by atoms with Crippen molar-refractivity contribution >= 4 is 15.9 Å². The van der Waals surface area contributed by atoms with Gasteiger partial charge in [0, 0.05) is 12.1 Å². The summed E-state index contributed by atoms with van der Waals surface area (Å²) in [5.74, 6) is 1.59. The van der Waals surface area contributed by atoms with Crippen LogP contribution >= 0.6 is 15.9 Å². The third-order valence-electron chi connectivity index (χ3n) is 2.28. The molecule has 0 aliphatic rings. The van der Waals surface area contributed by atoms with Gasteiger partial charge in [0.05, 0.1) is 12.8 Å². The van der Waals surface area contributed by atoms with Gasteiger partial charge < -0.3 is 15.5 Å². The Bertz CT molecular complexity index is 496. The summed E-state index contributed by atoms with van der Waals surface area (Å²) in [7, 11) is 1.64. The Balaban J connectivity index is 2.41. The number of nitrogens with zero attached hydrogens (tertiary/aromatic N) is 1. The number of hydrogen-bond acceptors (Lipinski definition) is 3. The van der Waals surface area contributed by atoms with Crippen LogP contribution < -0.4 is 10.5 Å². The normalized spacial score (nSPS) is 10.4. The number of nitrogens with one attached hydrogen (secondary N) is 1. The van der Waals surface area contributed by atoms with Crippen LogP contribution in [0.25, 0.3) is 11.4 Å². The van der Waals surface area contributed by atoms with E-state index in [2.05, 4.69) is 25.9 Å². The summed E-state index contributed by atoms with van der Waals surface area (Å²) in [5.41, 5.74) is 7.43. The van der Waals surface area contributed by atoms with Gasteiger partial charge in [-0.25, -0.2) is 4.98 Å². The van der Waals surface area contributed by atoms with Crippen molar-refractivity contribution in [3.63, 3.8) is 0 Å². The van der Waals surface area contributed by atoms with E-state index in [0.717, 1.165) is 27.4 Å². The van der Waals surface area contributed by atoms with Crippen LogP contribution in [0.2, 0.25) is 0 Å². The van der Waals surface area contributed by atoms with Gasteiger partial charge in [-0.2, -0.15) is 0 Å². The minimum atomic E-state index is 0.428. The number of aromatic nitrogens is 2. The zero-order chi connectivity index (χ0) is 11.5. The Morgan fingerprint density at radius 1 is 1.50 bits per heavy atom. The van der Waals surface area contributed by atoms with Crippen molar-refractivity contribution < 1.29 is 4.74 Å². The molecule has 5 heteroatoms. The van der Waals surface area contributed by atoms with Gasteiger partial charge in [-0.3, -0.25) is 0 Å². The molecule has 0 unspecified atom stereocenters. The lowest BCUT2D eigenvalue weighted by atomic mass is 10.2. The number of nitrogens with two attached hydrogens (primary N) is 1. The smallest absolute Gasteiger partial charge is 0.139 e. The molecule has 84 valence electrons. The molecule has 0 saturated heterocycles. The molecule has 0 aliphatic carbocycles. The number of H-pyrrole nitrogens is 1. The van der Waals surface area contributed by atoms with E-state index in [0.29, 0.717) is 6.54 Å². The van der Waals surface area contributed by atoms with Crippen LogP contribution in [0.1, 0.15) is 5.69 Å². The van der Waals surface area contributed by atoms with Crippen molar-refractivity contribution in [2.24, 2.45) is 5.73 Å². The summed E-state index contributed by atoms with van der Waals surface area (Å²) in [4.78, 5) is 7.51. The lowest BCUT2D eigenvalue weighted by Crippen LogP contribution is -1.96. The molecular weight excluding hydrogens is 270 g/mol. The van der Waals surface area contributed by atoms with Gasteiger partial charge in [0.15, 0.2) is 0 Å². The van der Waals surface area contributed by atoms with Gasteiger partial charge in [-0.15, -0.1) is 0 Å². The van der Waals surface area contributed by atoms with Gasteiger partial charge in [-0.05, 0) is 28.1 Å². The average molecular weight is 282 g/mol. The fourth-order valence-corrected chi connectivity index (χ4v) is 1.87. The van der Waals surface area contributed by atoms with Crippen LogP contribution in [0, 0.1) is 0 Å². The highest BCUT2D eigenvalue weighted by Crippen LogP contribution is 2.24. The van der Waals surface area contributed by atoms with E-state index in [4.69, 9.17) is 10.5 Å². The number of hydrogen-bond donors (Lipinski definition) is 2. The minimum absolute atomic E-state index is 0.428. The molecule has 2 rings (SSSR count). The molecule has 1 aromatic heterocycles. The molecule has 16 heavy (non-hydrogen) atoms. The van der Waals surface area contributed by atoms with Crippen molar-refractivity contribution in [2.45, 2.75) is 6.54 Å². The highest BCUT2D eigenvalue weighted by Gasteiger charge is 2.08. The Morgan fingerprint density at radius 3 is 2.94 bits per heavy atom. The van der Waals surface area contributed by atoms with Crippen LogP contribution in [-0.4, -0.2) is 17.1 Å². The zero-order valence-corrected chi connectivity index (χ0v) is 10.4. The van der Waals surface area contributed by atoms with Crippen LogP contribution in [0.4, 0.5) is 0 Å². The number of aromatic amines is 1. The second-order valence-electron chi connectivity index (χ2n) is 3.29. The van der Waals surface area contributed by atoms with Crippen LogP contribution in [0.3, 0.4) is 0 Å². The molecule has 4 nitrogen and oxygen atoms in total. The highest BCUT2D eigenvalue weighted by atomic mass is 79.9. The van der Waals surface area contributed by atoms with Crippen molar-refractivity contribution in [2.75, 3.05) is 7.11 Å². The molecule has 0 radical (unpaired) electrons. The second-order valence-corrected chi connectivity index (χ2v) is 4.04. The monoisotopic (exact) mass is 281 g/mol. The van der Waals surface area contributed by atoms with E-state index < -0.39 is 0 Å². The summed E-state index contributed by atoms with van der Waals surface area (Å²) in [5, 5.41) is 0. The van der Waals surface area contributed by atoms with Crippen LogP contribution in [0.15, 0.2) is 28.9 Å². The van der Waals surface area contributed by atoms with Crippen LogP contribution in [0.5, 0.6) is 5.75 Å². The SMILES string of the molecule is COc1cccc(-c2nc(Br)c(CN)[nH]2)c1. The first-order chi connectivity index (χ1) is 7.74. The molecular formula is C11H12BrN3O. The number of benzene rings is 1. The molecule has 0 atom stereocenters. The Hall–Kier alpha value is -1.33. The fourth-order valence-electron chi connectivity index (χ4n) is 1.43. The van der Waals surface area contributed by atoms with E-state index in [-0.39, 0.29) is 0 Å². The van der Waals surface area contributed by atoms with E-state index in [9.17, 15) is 0 Å². The molecule has 0 saturated carbocycles. The van der Waals surface area contributed by atoms with Gasteiger partial charge in [0.1, 0.15) is 16.2 Å². The molecule has 3 N–H and O–H groups in total. The molecule has 2 aromatic rings. The quantitative estimate of drug-likeness (QED) is 0.908. The van der Waals surface area contributed by atoms with E-state index in [1.807, 2.05) is 24.3 Å². The summed E-state index contributed by atoms with van der Waals surface area (Å²) in [6, 6.07) is 7.71. The molecule has 1 heterocycles. The summed E-state index contributed by atoms with van der Waals surface area (Å²) < 4.78 is 5.92. The maximum Gasteiger partial charge on any atom is 0.139 e. The number of methoxy groups -OCH3 is 1. The maximum atomic E-state index is 5.57. The third kappa shape index (κ3) is 2.10. The molecule has 0 spiro atoms. The van der Waals surface area contributed by atoms with Crippen LogP contribution in [-0.2, 0) is 6.54 Å². The predicted octanol–water partition coefficient (Wildman–Crippen LogP) is 2.31. The topological polar surface area (TPSA) is 63.9 Å². The molecule has 0 aliphatic heterocycles. The lowest BCUT2D eigenvalue weighted by molar-refractivity contribution is 0.415. The highest BCUT2D eigenvalue weighted by molar-refractivity contribution is 9.10.